The summed E-state index contributed by atoms with van der Waals surface area (Å²) < 4.78 is 1.93. The Bertz CT molecular complexity index is 761. The monoisotopic (exact) mass is 300 g/mol. The second-order valence-corrected chi connectivity index (χ2v) is 5.24. The minimum atomic E-state index is -0.0205. The van der Waals surface area contributed by atoms with Gasteiger partial charge in [0.1, 0.15) is 0 Å². The number of aromatic nitrogens is 3. The van der Waals surface area contributed by atoms with Crippen molar-refractivity contribution in [3.63, 3.8) is 0 Å². The predicted octanol–water partition coefficient (Wildman–Crippen LogP) is 3.41. The molecule has 0 saturated carbocycles. The molecule has 1 aromatic carbocycles. The van der Waals surface area contributed by atoms with Crippen LogP contribution in [0.15, 0.2) is 42.7 Å². The minimum absolute atomic E-state index is 0.0205. The fraction of sp³-hybridized carbons (Fsp3) is 0.250. The lowest BCUT2D eigenvalue weighted by Gasteiger charge is -2.20. The molecule has 3 aromatic rings. The molecular formula is C16H17ClN4. The minimum Gasteiger partial charge on any atom is -0.308 e. The van der Waals surface area contributed by atoms with Gasteiger partial charge in [-0.1, -0.05) is 29.8 Å². The summed E-state index contributed by atoms with van der Waals surface area (Å²) in [4.78, 5) is 4.42. The summed E-state index contributed by atoms with van der Waals surface area (Å²) in [6.45, 7) is 2.84. The fourth-order valence-corrected chi connectivity index (χ4v) is 2.97. The maximum atomic E-state index is 6.36. The Hall–Kier alpha value is -1.91. The summed E-state index contributed by atoms with van der Waals surface area (Å²) in [5.41, 5.74) is 3.12. The standard InChI is InChI=1S/C16H17ClN4/c1-3-21-16(13(17)10-20-21)15(18-2)12-8-9-19-14-7-5-4-6-11(12)14/h4-10,15,18H,3H2,1-2H3. The van der Waals surface area contributed by atoms with Gasteiger partial charge in [-0.2, -0.15) is 5.10 Å². The number of nitrogens with zero attached hydrogens (tertiary/aromatic N) is 3. The Morgan fingerprint density at radius 1 is 1.29 bits per heavy atom. The molecule has 1 unspecified atom stereocenters. The molecule has 0 fully saturated rings. The summed E-state index contributed by atoms with van der Waals surface area (Å²) in [7, 11) is 1.93. The highest BCUT2D eigenvalue weighted by Crippen LogP contribution is 2.31. The second-order valence-electron chi connectivity index (χ2n) is 4.83. The van der Waals surface area contributed by atoms with Crippen molar-refractivity contribution in [3.05, 3.63) is 59.0 Å². The van der Waals surface area contributed by atoms with Crippen LogP contribution in [0.3, 0.4) is 0 Å². The van der Waals surface area contributed by atoms with Gasteiger partial charge in [-0.3, -0.25) is 9.67 Å². The second kappa shape index (κ2) is 5.84. The lowest BCUT2D eigenvalue weighted by Crippen LogP contribution is -2.22. The number of fused-ring (bicyclic) bond motifs is 1. The molecule has 1 atom stereocenters. The topological polar surface area (TPSA) is 42.7 Å². The molecule has 0 amide bonds. The van der Waals surface area contributed by atoms with E-state index in [2.05, 4.69) is 28.4 Å². The Labute approximate surface area is 128 Å². The molecule has 0 radical (unpaired) electrons. The van der Waals surface area contributed by atoms with E-state index in [9.17, 15) is 0 Å². The van der Waals surface area contributed by atoms with E-state index >= 15 is 0 Å². The number of aryl methyl sites for hydroxylation is 1. The number of halogens is 1. The molecular weight excluding hydrogens is 284 g/mol. The highest BCUT2D eigenvalue weighted by Gasteiger charge is 2.22. The molecule has 0 bridgehead atoms. The van der Waals surface area contributed by atoms with Crippen molar-refractivity contribution < 1.29 is 0 Å². The van der Waals surface area contributed by atoms with E-state index in [0.29, 0.717) is 5.02 Å². The van der Waals surface area contributed by atoms with E-state index in [1.165, 1.54) is 0 Å². The first-order valence-corrected chi connectivity index (χ1v) is 7.36. The normalized spacial score (nSPS) is 12.7. The molecule has 3 rings (SSSR count). The van der Waals surface area contributed by atoms with Crippen molar-refractivity contribution in [1.29, 1.82) is 0 Å². The van der Waals surface area contributed by atoms with Crippen molar-refractivity contribution in [1.82, 2.24) is 20.1 Å². The molecule has 0 aliphatic heterocycles. The van der Waals surface area contributed by atoms with E-state index in [0.717, 1.165) is 28.7 Å². The van der Waals surface area contributed by atoms with Crippen molar-refractivity contribution in [3.8, 4) is 0 Å². The molecule has 108 valence electrons. The van der Waals surface area contributed by atoms with Gasteiger partial charge < -0.3 is 5.32 Å². The first kappa shape index (κ1) is 14.0. The predicted molar refractivity (Wildman–Crippen MR) is 85.6 cm³/mol. The average Bonchev–Trinajstić information content (AvgIpc) is 2.90. The van der Waals surface area contributed by atoms with Gasteiger partial charge in [0.15, 0.2) is 0 Å². The summed E-state index contributed by atoms with van der Waals surface area (Å²) in [6.07, 6.45) is 3.54. The summed E-state index contributed by atoms with van der Waals surface area (Å²) in [5, 5.41) is 9.50. The van der Waals surface area contributed by atoms with Gasteiger partial charge in [0, 0.05) is 18.1 Å². The quantitative estimate of drug-likeness (QED) is 0.803. The van der Waals surface area contributed by atoms with E-state index in [-0.39, 0.29) is 6.04 Å². The number of benzene rings is 1. The maximum Gasteiger partial charge on any atom is 0.0837 e. The van der Waals surface area contributed by atoms with Crippen LogP contribution >= 0.6 is 11.6 Å². The van der Waals surface area contributed by atoms with Gasteiger partial charge in [0.25, 0.3) is 0 Å². The van der Waals surface area contributed by atoms with E-state index < -0.39 is 0 Å². The average molecular weight is 301 g/mol. The smallest absolute Gasteiger partial charge is 0.0837 e. The zero-order chi connectivity index (χ0) is 14.8. The largest absolute Gasteiger partial charge is 0.308 e. The zero-order valence-electron chi connectivity index (χ0n) is 12.0. The third-order valence-electron chi connectivity index (χ3n) is 3.69. The van der Waals surface area contributed by atoms with Crippen LogP contribution in [0.1, 0.15) is 24.2 Å². The Kier molecular flexibility index (Phi) is 3.90. The first-order chi connectivity index (χ1) is 10.3. The van der Waals surface area contributed by atoms with Crippen LogP contribution in [-0.2, 0) is 6.54 Å². The number of rotatable bonds is 4. The van der Waals surface area contributed by atoms with Crippen LogP contribution in [0.4, 0.5) is 0 Å². The third-order valence-corrected chi connectivity index (χ3v) is 3.98. The Balaban J connectivity index is 2.21. The number of hydrogen-bond acceptors (Lipinski definition) is 3. The van der Waals surface area contributed by atoms with Crippen LogP contribution in [0, 0.1) is 0 Å². The van der Waals surface area contributed by atoms with Crippen molar-refractivity contribution in [2.75, 3.05) is 7.05 Å². The van der Waals surface area contributed by atoms with Crippen molar-refractivity contribution in [2.45, 2.75) is 19.5 Å². The van der Waals surface area contributed by atoms with Crippen LogP contribution in [0.25, 0.3) is 10.9 Å². The summed E-state index contributed by atoms with van der Waals surface area (Å²) in [6, 6.07) is 10.1. The lowest BCUT2D eigenvalue weighted by molar-refractivity contribution is 0.565. The Morgan fingerprint density at radius 2 is 2.10 bits per heavy atom. The van der Waals surface area contributed by atoms with Crippen molar-refractivity contribution >= 4 is 22.5 Å². The third kappa shape index (κ3) is 2.41. The number of para-hydroxylation sites is 1. The molecule has 21 heavy (non-hydrogen) atoms. The fourth-order valence-electron chi connectivity index (χ4n) is 2.72. The molecule has 0 aliphatic rings. The zero-order valence-corrected chi connectivity index (χ0v) is 12.8. The van der Waals surface area contributed by atoms with Crippen LogP contribution in [0.5, 0.6) is 0 Å². The molecule has 4 nitrogen and oxygen atoms in total. The van der Waals surface area contributed by atoms with Crippen LogP contribution in [-0.4, -0.2) is 21.8 Å². The number of pyridine rings is 1. The van der Waals surface area contributed by atoms with Gasteiger partial charge in [0.2, 0.25) is 0 Å². The summed E-state index contributed by atoms with van der Waals surface area (Å²) >= 11 is 6.36. The molecule has 5 heteroatoms. The molecule has 0 saturated heterocycles. The highest BCUT2D eigenvalue weighted by molar-refractivity contribution is 6.31. The van der Waals surface area contributed by atoms with E-state index in [4.69, 9.17) is 11.6 Å². The molecule has 1 N–H and O–H groups in total. The first-order valence-electron chi connectivity index (χ1n) is 6.98. The van der Waals surface area contributed by atoms with Gasteiger partial charge in [-0.05, 0) is 31.7 Å². The molecule has 0 spiro atoms. The molecule has 2 heterocycles. The lowest BCUT2D eigenvalue weighted by atomic mass is 9.99. The van der Waals surface area contributed by atoms with Gasteiger partial charge in [-0.25, -0.2) is 0 Å². The van der Waals surface area contributed by atoms with Crippen LogP contribution in [0.2, 0.25) is 5.02 Å². The summed E-state index contributed by atoms with van der Waals surface area (Å²) in [5.74, 6) is 0. The van der Waals surface area contributed by atoms with E-state index in [1.807, 2.05) is 42.2 Å². The van der Waals surface area contributed by atoms with Gasteiger partial charge in [0.05, 0.1) is 28.5 Å². The molecule has 0 aliphatic carbocycles. The number of hydrogen-bond donors (Lipinski definition) is 1. The molecule has 2 aromatic heterocycles. The van der Waals surface area contributed by atoms with Crippen LogP contribution < -0.4 is 5.32 Å². The maximum absolute atomic E-state index is 6.36. The number of nitrogens with one attached hydrogen (secondary N) is 1. The van der Waals surface area contributed by atoms with E-state index in [1.54, 1.807) is 6.20 Å². The highest BCUT2D eigenvalue weighted by atomic mass is 35.5. The SMILES string of the molecule is CCn1ncc(Cl)c1C(NC)c1ccnc2ccccc12. The Morgan fingerprint density at radius 3 is 2.86 bits per heavy atom. The van der Waals surface area contributed by atoms with Gasteiger partial charge in [-0.15, -0.1) is 0 Å². The van der Waals surface area contributed by atoms with Gasteiger partial charge >= 0.3 is 0 Å². The van der Waals surface area contributed by atoms with Crippen molar-refractivity contribution in [2.24, 2.45) is 0 Å².